The van der Waals surface area contributed by atoms with Crippen LogP contribution in [0.25, 0.3) is 0 Å². The summed E-state index contributed by atoms with van der Waals surface area (Å²) in [5.74, 6) is 0. The van der Waals surface area contributed by atoms with E-state index in [0.29, 0.717) is 6.10 Å². The highest BCUT2D eigenvalue weighted by Crippen LogP contribution is 2.01. The van der Waals surface area contributed by atoms with Gasteiger partial charge in [0.15, 0.2) is 0 Å². The lowest BCUT2D eigenvalue weighted by molar-refractivity contribution is 0.0623. The van der Waals surface area contributed by atoms with Crippen molar-refractivity contribution in [3.63, 3.8) is 0 Å². The third-order valence-electron chi connectivity index (χ3n) is 2.44. The third-order valence-corrected chi connectivity index (χ3v) is 2.44. The lowest BCUT2D eigenvalue weighted by atomic mass is 10.2. The van der Waals surface area contributed by atoms with Crippen molar-refractivity contribution in [2.45, 2.75) is 32.9 Å². The average Bonchev–Trinajstić information content (AvgIpc) is 2.31. The van der Waals surface area contributed by atoms with Gasteiger partial charge in [-0.2, -0.15) is 0 Å². The number of rotatable bonds is 8. The minimum Gasteiger partial charge on any atom is -0.377 e. The summed E-state index contributed by atoms with van der Waals surface area (Å²) in [7, 11) is 0. The fourth-order valence-corrected chi connectivity index (χ4v) is 1.68. The van der Waals surface area contributed by atoms with Gasteiger partial charge < -0.3 is 10.1 Å². The number of nitrogens with one attached hydrogen (secondary N) is 1. The standard InChI is InChI=1S/C14H22NO/c1-3-8-14(16-4-2)12-15-11-13-9-6-5-7-10-13/h3,5-7,9-10,14-15H,4,8,11-12H2,1-2H3. The molecule has 0 saturated heterocycles. The highest BCUT2D eigenvalue weighted by atomic mass is 16.5. The summed E-state index contributed by atoms with van der Waals surface area (Å²) in [5.41, 5.74) is 1.32. The van der Waals surface area contributed by atoms with Gasteiger partial charge in [0.25, 0.3) is 0 Å². The van der Waals surface area contributed by atoms with Gasteiger partial charge in [-0.1, -0.05) is 37.3 Å². The van der Waals surface area contributed by atoms with Crippen LogP contribution in [0.2, 0.25) is 0 Å². The first-order valence-corrected chi connectivity index (χ1v) is 6.00. The van der Waals surface area contributed by atoms with Crippen LogP contribution >= 0.6 is 0 Å². The van der Waals surface area contributed by atoms with E-state index < -0.39 is 0 Å². The van der Waals surface area contributed by atoms with Crippen molar-refractivity contribution in [3.05, 3.63) is 42.3 Å². The fourth-order valence-electron chi connectivity index (χ4n) is 1.68. The van der Waals surface area contributed by atoms with E-state index in [0.717, 1.165) is 26.1 Å². The summed E-state index contributed by atoms with van der Waals surface area (Å²) in [4.78, 5) is 0. The molecule has 1 aromatic rings. The Balaban J connectivity index is 2.22. The molecular weight excluding hydrogens is 198 g/mol. The van der Waals surface area contributed by atoms with Crippen molar-refractivity contribution in [2.24, 2.45) is 0 Å². The van der Waals surface area contributed by atoms with E-state index >= 15 is 0 Å². The third kappa shape index (κ3) is 5.29. The second-order valence-electron chi connectivity index (χ2n) is 3.84. The van der Waals surface area contributed by atoms with E-state index in [-0.39, 0.29) is 0 Å². The van der Waals surface area contributed by atoms with Gasteiger partial charge in [0.1, 0.15) is 0 Å². The van der Waals surface area contributed by atoms with Crippen LogP contribution in [0.4, 0.5) is 0 Å². The first kappa shape index (κ1) is 13.2. The first-order valence-electron chi connectivity index (χ1n) is 6.00. The molecule has 0 saturated carbocycles. The van der Waals surface area contributed by atoms with Crippen molar-refractivity contribution in [1.29, 1.82) is 0 Å². The molecule has 0 spiro atoms. The summed E-state index contributed by atoms with van der Waals surface area (Å²) in [6.07, 6.45) is 3.47. The molecule has 1 atom stereocenters. The molecule has 0 bridgehead atoms. The maximum absolute atomic E-state index is 5.63. The van der Waals surface area contributed by atoms with Crippen LogP contribution in [0, 0.1) is 6.42 Å². The van der Waals surface area contributed by atoms with E-state index in [1.54, 1.807) is 0 Å². The minimum absolute atomic E-state index is 0.304. The van der Waals surface area contributed by atoms with Crippen molar-refractivity contribution >= 4 is 0 Å². The lowest BCUT2D eigenvalue weighted by Gasteiger charge is -2.16. The maximum atomic E-state index is 5.63. The topological polar surface area (TPSA) is 21.3 Å². The van der Waals surface area contributed by atoms with Gasteiger partial charge in [-0.3, -0.25) is 0 Å². The zero-order chi connectivity index (χ0) is 11.6. The molecule has 0 aliphatic rings. The van der Waals surface area contributed by atoms with Crippen LogP contribution in [-0.4, -0.2) is 19.3 Å². The monoisotopic (exact) mass is 220 g/mol. The van der Waals surface area contributed by atoms with Gasteiger partial charge in [-0.25, -0.2) is 0 Å². The molecule has 1 aromatic carbocycles. The number of hydrogen-bond donors (Lipinski definition) is 1. The second kappa shape index (κ2) is 8.31. The van der Waals surface area contributed by atoms with E-state index in [2.05, 4.69) is 42.9 Å². The second-order valence-corrected chi connectivity index (χ2v) is 3.84. The normalized spacial score (nSPS) is 12.6. The maximum Gasteiger partial charge on any atom is 0.0702 e. The largest absolute Gasteiger partial charge is 0.377 e. The molecule has 0 aliphatic carbocycles. The predicted molar refractivity (Wildman–Crippen MR) is 68.2 cm³/mol. The van der Waals surface area contributed by atoms with Crippen LogP contribution < -0.4 is 5.32 Å². The lowest BCUT2D eigenvalue weighted by Crippen LogP contribution is -2.29. The highest BCUT2D eigenvalue weighted by molar-refractivity contribution is 5.14. The molecule has 16 heavy (non-hydrogen) atoms. The summed E-state index contributed by atoms with van der Waals surface area (Å²) in [6.45, 7) is 6.72. The molecular formula is C14H22NO. The Morgan fingerprint density at radius 1 is 1.31 bits per heavy atom. The number of ether oxygens (including phenoxy) is 1. The van der Waals surface area contributed by atoms with E-state index in [9.17, 15) is 0 Å². The molecule has 2 nitrogen and oxygen atoms in total. The van der Waals surface area contributed by atoms with Gasteiger partial charge in [-0.05, 0) is 25.3 Å². The first-order chi connectivity index (χ1) is 7.86. The van der Waals surface area contributed by atoms with Crippen LogP contribution in [0.15, 0.2) is 30.3 Å². The molecule has 0 amide bonds. The molecule has 1 rings (SSSR count). The smallest absolute Gasteiger partial charge is 0.0702 e. The number of benzene rings is 1. The van der Waals surface area contributed by atoms with Gasteiger partial charge in [0, 0.05) is 19.7 Å². The molecule has 0 aromatic heterocycles. The van der Waals surface area contributed by atoms with Crippen molar-refractivity contribution in [2.75, 3.05) is 13.2 Å². The van der Waals surface area contributed by atoms with E-state index in [4.69, 9.17) is 4.74 Å². The SMILES string of the molecule is C[CH]CC(CNCc1ccccc1)OCC. The van der Waals surface area contributed by atoms with Crippen molar-refractivity contribution in [1.82, 2.24) is 5.32 Å². The molecule has 1 N–H and O–H groups in total. The Morgan fingerprint density at radius 2 is 2.06 bits per heavy atom. The van der Waals surface area contributed by atoms with Crippen molar-refractivity contribution < 1.29 is 4.74 Å². The Kier molecular flexibility index (Phi) is 6.86. The molecule has 89 valence electrons. The van der Waals surface area contributed by atoms with E-state index in [1.807, 2.05) is 13.0 Å². The van der Waals surface area contributed by atoms with E-state index in [1.165, 1.54) is 5.56 Å². The van der Waals surface area contributed by atoms with Gasteiger partial charge in [-0.15, -0.1) is 0 Å². The summed E-state index contributed by atoms with van der Waals surface area (Å²) >= 11 is 0. The van der Waals surface area contributed by atoms with Gasteiger partial charge >= 0.3 is 0 Å². The Hall–Kier alpha value is -0.860. The zero-order valence-corrected chi connectivity index (χ0v) is 10.3. The molecule has 2 heteroatoms. The summed E-state index contributed by atoms with van der Waals surface area (Å²) in [6, 6.07) is 10.4. The molecule has 1 unspecified atom stereocenters. The fraction of sp³-hybridized carbons (Fsp3) is 0.500. The molecule has 0 heterocycles. The highest BCUT2D eigenvalue weighted by Gasteiger charge is 2.06. The van der Waals surface area contributed by atoms with Crippen LogP contribution in [-0.2, 0) is 11.3 Å². The van der Waals surface area contributed by atoms with Crippen LogP contribution in [0.1, 0.15) is 25.8 Å². The minimum atomic E-state index is 0.304. The van der Waals surface area contributed by atoms with Crippen LogP contribution in [0.5, 0.6) is 0 Å². The van der Waals surface area contributed by atoms with Gasteiger partial charge in [0.05, 0.1) is 6.10 Å². The average molecular weight is 220 g/mol. The Morgan fingerprint density at radius 3 is 2.69 bits per heavy atom. The van der Waals surface area contributed by atoms with Crippen molar-refractivity contribution in [3.8, 4) is 0 Å². The summed E-state index contributed by atoms with van der Waals surface area (Å²) in [5, 5.41) is 3.43. The Bertz CT molecular complexity index is 255. The van der Waals surface area contributed by atoms with Crippen LogP contribution in [0.3, 0.4) is 0 Å². The quantitative estimate of drug-likeness (QED) is 0.727. The van der Waals surface area contributed by atoms with Gasteiger partial charge in [0.2, 0.25) is 0 Å². The predicted octanol–water partition coefficient (Wildman–Crippen LogP) is 2.80. The Labute approximate surface area is 99.0 Å². The zero-order valence-electron chi connectivity index (χ0n) is 10.3. The molecule has 0 aliphatic heterocycles. The summed E-state index contributed by atoms with van der Waals surface area (Å²) < 4.78 is 5.63. The molecule has 1 radical (unpaired) electrons. The number of hydrogen-bond acceptors (Lipinski definition) is 2. The molecule has 0 fully saturated rings.